The van der Waals surface area contributed by atoms with E-state index in [4.69, 9.17) is 9.84 Å². The highest BCUT2D eigenvalue weighted by molar-refractivity contribution is 5.85. The zero-order valence-corrected chi connectivity index (χ0v) is 6.99. The molecular formula is C9H12O3. The van der Waals surface area contributed by atoms with Crippen LogP contribution in [0.2, 0.25) is 0 Å². The van der Waals surface area contributed by atoms with Gasteiger partial charge in [-0.05, 0) is 31.9 Å². The summed E-state index contributed by atoms with van der Waals surface area (Å²) in [6.45, 7) is 1.57. The summed E-state index contributed by atoms with van der Waals surface area (Å²) in [5.41, 5.74) is 0.343. The summed E-state index contributed by atoms with van der Waals surface area (Å²) < 4.78 is 5.18. The summed E-state index contributed by atoms with van der Waals surface area (Å²) >= 11 is 0. The van der Waals surface area contributed by atoms with Gasteiger partial charge in [-0.2, -0.15) is 0 Å². The number of hydrogen-bond acceptors (Lipinski definition) is 2. The number of aliphatic carboxylic acids is 1. The molecule has 1 heterocycles. The fourth-order valence-electron chi connectivity index (χ4n) is 1.03. The van der Waals surface area contributed by atoms with Crippen molar-refractivity contribution in [2.75, 3.05) is 0 Å². The topological polar surface area (TPSA) is 46.5 Å². The van der Waals surface area contributed by atoms with Crippen molar-refractivity contribution in [2.24, 2.45) is 0 Å². The van der Waals surface area contributed by atoms with E-state index < -0.39 is 5.97 Å². The fraction of sp³-hybridized carbons (Fsp3) is 0.444. The Bertz CT molecular complexity index is 228. The molecule has 0 radical (unpaired) electrons. The quantitative estimate of drug-likeness (QED) is 0.638. The number of ether oxygens (including phenoxy) is 1. The second kappa shape index (κ2) is 3.95. The van der Waals surface area contributed by atoms with E-state index in [1.807, 2.05) is 6.08 Å². The summed E-state index contributed by atoms with van der Waals surface area (Å²) in [6, 6.07) is 0. The normalized spacial score (nSPS) is 23.4. The van der Waals surface area contributed by atoms with Crippen molar-refractivity contribution < 1.29 is 14.6 Å². The molecule has 0 fully saturated rings. The van der Waals surface area contributed by atoms with Gasteiger partial charge in [0.2, 0.25) is 0 Å². The average molecular weight is 168 g/mol. The van der Waals surface area contributed by atoms with Gasteiger partial charge in [-0.15, -0.1) is 0 Å². The van der Waals surface area contributed by atoms with Crippen LogP contribution in [-0.2, 0) is 9.53 Å². The van der Waals surface area contributed by atoms with Crippen LogP contribution in [0.15, 0.2) is 24.0 Å². The largest absolute Gasteiger partial charge is 0.494 e. The first-order valence-electron chi connectivity index (χ1n) is 3.92. The summed E-state index contributed by atoms with van der Waals surface area (Å²) in [5, 5.41) is 8.57. The monoisotopic (exact) mass is 168 g/mol. The molecule has 0 aliphatic carbocycles. The molecule has 0 saturated heterocycles. The summed E-state index contributed by atoms with van der Waals surface area (Å²) in [5.74, 6) is -0.881. The minimum Gasteiger partial charge on any atom is -0.494 e. The predicted octanol–water partition coefficient (Wildman–Crippen LogP) is 1.71. The molecule has 0 spiro atoms. The van der Waals surface area contributed by atoms with Crippen LogP contribution in [-0.4, -0.2) is 17.2 Å². The van der Waals surface area contributed by atoms with E-state index in [1.54, 1.807) is 19.3 Å². The Kier molecular flexibility index (Phi) is 2.91. The van der Waals surface area contributed by atoms with Gasteiger partial charge in [-0.3, -0.25) is 0 Å². The van der Waals surface area contributed by atoms with E-state index >= 15 is 0 Å². The molecule has 1 unspecified atom stereocenters. The maximum absolute atomic E-state index is 10.4. The van der Waals surface area contributed by atoms with Gasteiger partial charge in [-0.1, -0.05) is 0 Å². The Hall–Kier alpha value is -1.25. The third-order valence-corrected chi connectivity index (χ3v) is 1.74. The molecule has 1 atom stereocenters. The van der Waals surface area contributed by atoms with Crippen LogP contribution in [0.4, 0.5) is 0 Å². The van der Waals surface area contributed by atoms with Crippen LogP contribution < -0.4 is 0 Å². The highest BCUT2D eigenvalue weighted by Gasteiger charge is 2.10. The first kappa shape index (κ1) is 8.84. The molecule has 0 aromatic rings. The maximum Gasteiger partial charge on any atom is 0.331 e. The Morgan fingerprint density at radius 1 is 1.75 bits per heavy atom. The predicted molar refractivity (Wildman–Crippen MR) is 44.6 cm³/mol. The molecule has 0 saturated carbocycles. The lowest BCUT2D eigenvalue weighted by molar-refractivity contribution is -0.132. The molecule has 1 aliphatic heterocycles. The maximum atomic E-state index is 10.4. The minimum atomic E-state index is -0.881. The van der Waals surface area contributed by atoms with Crippen molar-refractivity contribution in [1.29, 1.82) is 0 Å². The molecule has 3 heteroatoms. The van der Waals surface area contributed by atoms with E-state index in [0.717, 1.165) is 12.8 Å². The van der Waals surface area contributed by atoms with Gasteiger partial charge < -0.3 is 9.84 Å². The van der Waals surface area contributed by atoms with Crippen LogP contribution in [0.1, 0.15) is 19.8 Å². The molecule has 1 rings (SSSR count). The molecule has 12 heavy (non-hydrogen) atoms. The van der Waals surface area contributed by atoms with Gasteiger partial charge in [0.05, 0.1) is 6.26 Å². The van der Waals surface area contributed by atoms with Crippen LogP contribution >= 0.6 is 0 Å². The molecule has 1 aliphatic rings. The van der Waals surface area contributed by atoms with Crippen molar-refractivity contribution in [3.8, 4) is 0 Å². The Morgan fingerprint density at radius 3 is 3.00 bits per heavy atom. The van der Waals surface area contributed by atoms with Gasteiger partial charge >= 0.3 is 5.97 Å². The molecular weight excluding hydrogens is 156 g/mol. The van der Waals surface area contributed by atoms with E-state index in [0.29, 0.717) is 5.57 Å². The van der Waals surface area contributed by atoms with Crippen LogP contribution in [0.5, 0.6) is 0 Å². The highest BCUT2D eigenvalue weighted by atomic mass is 16.5. The van der Waals surface area contributed by atoms with Gasteiger partial charge in [0.1, 0.15) is 6.10 Å². The Balaban J connectivity index is 2.54. The lowest BCUT2D eigenvalue weighted by Gasteiger charge is -2.15. The zero-order chi connectivity index (χ0) is 8.97. The SMILES string of the molecule is C/C(=C\C1CCC=CO1)C(=O)O. The van der Waals surface area contributed by atoms with E-state index in [9.17, 15) is 4.79 Å². The number of allylic oxidation sites excluding steroid dienone is 1. The number of carbonyl (C=O) groups is 1. The van der Waals surface area contributed by atoms with Gasteiger partial charge in [-0.25, -0.2) is 4.79 Å². The van der Waals surface area contributed by atoms with E-state index in [-0.39, 0.29) is 6.10 Å². The average Bonchev–Trinajstić information content (AvgIpc) is 2.06. The number of carboxylic acid groups (broad SMARTS) is 1. The second-order valence-electron chi connectivity index (χ2n) is 2.78. The molecule has 0 bridgehead atoms. The van der Waals surface area contributed by atoms with E-state index in [2.05, 4.69) is 0 Å². The molecule has 3 nitrogen and oxygen atoms in total. The molecule has 66 valence electrons. The summed E-state index contributed by atoms with van der Waals surface area (Å²) in [6.07, 6.45) is 6.95. The number of carboxylic acids is 1. The summed E-state index contributed by atoms with van der Waals surface area (Å²) in [4.78, 5) is 10.4. The van der Waals surface area contributed by atoms with Crippen molar-refractivity contribution in [2.45, 2.75) is 25.9 Å². The van der Waals surface area contributed by atoms with Crippen LogP contribution in [0, 0.1) is 0 Å². The molecule has 0 aromatic carbocycles. The number of hydrogen-bond donors (Lipinski definition) is 1. The van der Waals surface area contributed by atoms with Crippen molar-refractivity contribution in [3.05, 3.63) is 24.0 Å². The second-order valence-corrected chi connectivity index (χ2v) is 2.78. The third kappa shape index (κ3) is 2.42. The Morgan fingerprint density at radius 2 is 2.50 bits per heavy atom. The van der Waals surface area contributed by atoms with E-state index in [1.165, 1.54) is 0 Å². The minimum absolute atomic E-state index is 0.0638. The smallest absolute Gasteiger partial charge is 0.331 e. The first-order valence-corrected chi connectivity index (χ1v) is 3.92. The van der Waals surface area contributed by atoms with Crippen molar-refractivity contribution in [1.82, 2.24) is 0 Å². The van der Waals surface area contributed by atoms with Gasteiger partial charge in [0.25, 0.3) is 0 Å². The molecule has 0 aromatic heterocycles. The molecule has 1 N–H and O–H groups in total. The van der Waals surface area contributed by atoms with Gasteiger partial charge in [0, 0.05) is 5.57 Å². The molecule has 0 amide bonds. The summed E-state index contributed by atoms with van der Waals surface area (Å²) in [7, 11) is 0. The highest BCUT2D eigenvalue weighted by Crippen LogP contribution is 2.12. The standard InChI is InChI=1S/C9H12O3/c1-7(9(10)11)6-8-4-2-3-5-12-8/h3,5-6,8H,2,4H2,1H3,(H,10,11)/b7-6+. The van der Waals surface area contributed by atoms with Crippen molar-refractivity contribution in [3.63, 3.8) is 0 Å². The first-order chi connectivity index (χ1) is 5.70. The van der Waals surface area contributed by atoms with Crippen LogP contribution in [0.3, 0.4) is 0 Å². The zero-order valence-electron chi connectivity index (χ0n) is 6.99. The fourth-order valence-corrected chi connectivity index (χ4v) is 1.03. The van der Waals surface area contributed by atoms with Crippen LogP contribution in [0.25, 0.3) is 0 Å². The number of rotatable bonds is 2. The lowest BCUT2D eigenvalue weighted by Crippen LogP contribution is -2.11. The van der Waals surface area contributed by atoms with Crippen molar-refractivity contribution >= 4 is 5.97 Å². The third-order valence-electron chi connectivity index (χ3n) is 1.74. The lowest BCUT2D eigenvalue weighted by atomic mass is 10.1. The Labute approximate surface area is 71.3 Å². The van der Waals surface area contributed by atoms with Gasteiger partial charge in [0.15, 0.2) is 0 Å².